The van der Waals surface area contributed by atoms with Crippen LogP contribution in [0.15, 0.2) is 24.3 Å². The summed E-state index contributed by atoms with van der Waals surface area (Å²) in [6.07, 6.45) is 1.96. The highest BCUT2D eigenvalue weighted by Crippen LogP contribution is 2.26. The van der Waals surface area contributed by atoms with Gasteiger partial charge in [-0.3, -0.25) is 14.9 Å². The average molecular weight is 304 g/mol. The second-order valence-electron chi connectivity index (χ2n) is 5.98. The molecule has 2 rings (SSSR count). The van der Waals surface area contributed by atoms with Gasteiger partial charge < -0.3 is 9.64 Å². The fourth-order valence-corrected chi connectivity index (χ4v) is 2.57. The Morgan fingerprint density at radius 1 is 1.32 bits per heavy atom. The van der Waals surface area contributed by atoms with Crippen LogP contribution in [0, 0.1) is 0 Å². The van der Waals surface area contributed by atoms with E-state index in [9.17, 15) is 9.59 Å². The Kier molecular flexibility index (Phi) is 5.19. The van der Waals surface area contributed by atoms with Gasteiger partial charge in [-0.1, -0.05) is 18.2 Å². The van der Waals surface area contributed by atoms with Crippen molar-refractivity contribution in [1.82, 2.24) is 5.32 Å². The number of hydrogen-bond donors (Lipinski definition) is 1. The summed E-state index contributed by atoms with van der Waals surface area (Å²) >= 11 is 0. The summed E-state index contributed by atoms with van der Waals surface area (Å²) in [7, 11) is 0. The maximum absolute atomic E-state index is 12.5. The van der Waals surface area contributed by atoms with Gasteiger partial charge in [-0.15, -0.1) is 0 Å². The average Bonchev–Trinajstić information content (AvgIpc) is 2.52. The van der Waals surface area contributed by atoms with Crippen molar-refractivity contribution >= 4 is 17.6 Å². The number of amides is 1. The normalized spacial score (nSPS) is 14.4. The monoisotopic (exact) mass is 304 g/mol. The number of ether oxygens (including phenoxy) is 1. The molecule has 0 spiro atoms. The third-order valence-electron chi connectivity index (χ3n) is 3.88. The lowest BCUT2D eigenvalue weighted by molar-refractivity contribution is -0.149. The van der Waals surface area contributed by atoms with Crippen molar-refractivity contribution in [2.45, 2.75) is 39.2 Å². The Morgan fingerprint density at radius 2 is 2.05 bits per heavy atom. The first-order valence-electron chi connectivity index (χ1n) is 7.76. The van der Waals surface area contributed by atoms with E-state index in [2.05, 4.69) is 11.4 Å². The first kappa shape index (κ1) is 16.5. The van der Waals surface area contributed by atoms with Crippen LogP contribution in [0.2, 0.25) is 0 Å². The molecule has 5 heteroatoms. The quantitative estimate of drug-likeness (QED) is 0.844. The SMILES string of the molecule is CCOC(=O)C(C)(C)NCC(=O)N1CCCc2ccccc21. The van der Waals surface area contributed by atoms with Crippen molar-refractivity contribution in [2.75, 3.05) is 24.6 Å². The predicted molar refractivity (Wildman–Crippen MR) is 85.8 cm³/mol. The van der Waals surface area contributed by atoms with Gasteiger partial charge in [0.15, 0.2) is 0 Å². The van der Waals surface area contributed by atoms with E-state index in [-0.39, 0.29) is 18.4 Å². The molecular formula is C17H24N2O3. The molecule has 1 heterocycles. The minimum absolute atomic E-state index is 0.0236. The Bertz CT molecular complexity index is 555. The van der Waals surface area contributed by atoms with E-state index < -0.39 is 5.54 Å². The number of rotatable bonds is 5. The smallest absolute Gasteiger partial charge is 0.325 e. The molecule has 0 atom stereocenters. The van der Waals surface area contributed by atoms with Crippen molar-refractivity contribution in [3.63, 3.8) is 0 Å². The van der Waals surface area contributed by atoms with Crippen molar-refractivity contribution in [3.8, 4) is 0 Å². The molecule has 1 aliphatic heterocycles. The zero-order valence-corrected chi connectivity index (χ0v) is 13.5. The summed E-state index contributed by atoms with van der Waals surface area (Å²) in [5.41, 5.74) is 1.31. The molecule has 1 aromatic rings. The summed E-state index contributed by atoms with van der Waals surface area (Å²) in [6.45, 7) is 6.38. The molecule has 0 saturated carbocycles. The van der Waals surface area contributed by atoms with E-state index in [1.807, 2.05) is 18.2 Å². The second-order valence-corrected chi connectivity index (χ2v) is 5.98. The maximum Gasteiger partial charge on any atom is 0.325 e. The molecule has 0 radical (unpaired) electrons. The summed E-state index contributed by atoms with van der Waals surface area (Å²) in [6, 6.07) is 7.98. The summed E-state index contributed by atoms with van der Waals surface area (Å²) in [4.78, 5) is 26.1. The lowest BCUT2D eigenvalue weighted by Gasteiger charge is -2.31. The van der Waals surface area contributed by atoms with Crippen LogP contribution in [-0.4, -0.2) is 37.1 Å². The number of anilines is 1. The number of fused-ring (bicyclic) bond motifs is 1. The molecule has 0 fully saturated rings. The van der Waals surface area contributed by atoms with Gasteiger partial charge in [0.05, 0.1) is 13.2 Å². The Hall–Kier alpha value is -1.88. The minimum atomic E-state index is -0.874. The van der Waals surface area contributed by atoms with Crippen molar-refractivity contribution in [1.29, 1.82) is 0 Å². The van der Waals surface area contributed by atoms with E-state index in [1.54, 1.807) is 25.7 Å². The molecule has 1 amide bonds. The Morgan fingerprint density at radius 3 is 2.77 bits per heavy atom. The molecule has 120 valence electrons. The van der Waals surface area contributed by atoms with Crippen LogP contribution in [-0.2, 0) is 20.7 Å². The van der Waals surface area contributed by atoms with Gasteiger partial charge in [0, 0.05) is 12.2 Å². The molecule has 0 aromatic heterocycles. The summed E-state index contributed by atoms with van der Waals surface area (Å²) in [5.74, 6) is -0.369. The van der Waals surface area contributed by atoms with Crippen LogP contribution in [0.5, 0.6) is 0 Å². The lowest BCUT2D eigenvalue weighted by atomic mass is 10.0. The molecule has 22 heavy (non-hydrogen) atoms. The number of para-hydroxylation sites is 1. The second kappa shape index (κ2) is 6.92. The number of hydrogen-bond acceptors (Lipinski definition) is 4. The van der Waals surface area contributed by atoms with Crippen molar-refractivity contribution < 1.29 is 14.3 Å². The number of carbonyl (C=O) groups is 2. The zero-order chi connectivity index (χ0) is 16.2. The standard InChI is InChI=1S/C17H24N2O3/c1-4-22-16(21)17(2,3)18-12-15(20)19-11-7-9-13-8-5-6-10-14(13)19/h5-6,8,10,18H,4,7,9,11-12H2,1-3H3. The number of carbonyl (C=O) groups excluding carboxylic acids is 2. The van der Waals surface area contributed by atoms with E-state index in [0.29, 0.717) is 6.61 Å². The highest BCUT2D eigenvalue weighted by atomic mass is 16.5. The number of esters is 1. The van der Waals surface area contributed by atoms with E-state index in [1.165, 1.54) is 5.56 Å². The van der Waals surface area contributed by atoms with Crippen LogP contribution in [0.1, 0.15) is 32.8 Å². The number of benzene rings is 1. The van der Waals surface area contributed by atoms with Gasteiger partial charge in [-0.25, -0.2) is 0 Å². The van der Waals surface area contributed by atoms with Crippen LogP contribution in [0.25, 0.3) is 0 Å². The van der Waals surface area contributed by atoms with Crippen molar-refractivity contribution in [2.24, 2.45) is 0 Å². The van der Waals surface area contributed by atoms with E-state index in [0.717, 1.165) is 25.1 Å². The molecule has 0 unspecified atom stereocenters. The van der Waals surface area contributed by atoms with Crippen molar-refractivity contribution in [3.05, 3.63) is 29.8 Å². The maximum atomic E-state index is 12.5. The third kappa shape index (κ3) is 3.65. The molecule has 1 aromatic carbocycles. The number of aryl methyl sites for hydroxylation is 1. The Balaban J connectivity index is 2.00. The topological polar surface area (TPSA) is 58.6 Å². The minimum Gasteiger partial charge on any atom is -0.465 e. The van der Waals surface area contributed by atoms with Crippen LogP contribution >= 0.6 is 0 Å². The van der Waals surface area contributed by atoms with Crippen LogP contribution in [0.3, 0.4) is 0 Å². The largest absolute Gasteiger partial charge is 0.465 e. The Labute approximate surface area is 131 Å². The van der Waals surface area contributed by atoms with E-state index in [4.69, 9.17) is 4.74 Å². The molecule has 1 N–H and O–H groups in total. The molecule has 5 nitrogen and oxygen atoms in total. The van der Waals surface area contributed by atoms with Crippen LogP contribution in [0.4, 0.5) is 5.69 Å². The van der Waals surface area contributed by atoms with Gasteiger partial charge in [0.1, 0.15) is 5.54 Å². The predicted octanol–water partition coefficient (Wildman–Crippen LogP) is 1.90. The first-order chi connectivity index (χ1) is 10.5. The molecule has 0 saturated heterocycles. The zero-order valence-electron chi connectivity index (χ0n) is 13.5. The summed E-state index contributed by atoms with van der Waals surface area (Å²) in [5, 5.41) is 3.01. The molecular weight excluding hydrogens is 280 g/mol. The van der Waals surface area contributed by atoms with E-state index >= 15 is 0 Å². The molecule has 1 aliphatic rings. The fourth-order valence-electron chi connectivity index (χ4n) is 2.57. The van der Waals surface area contributed by atoms with Gasteiger partial charge in [-0.05, 0) is 45.2 Å². The first-order valence-corrected chi connectivity index (χ1v) is 7.76. The summed E-state index contributed by atoms with van der Waals surface area (Å²) < 4.78 is 5.01. The van der Waals surface area contributed by atoms with Gasteiger partial charge >= 0.3 is 5.97 Å². The third-order valence-corrected chi connectivity index (χ3v) is 3.88. The fraction of sp³-hybridized carbons (Fsp3) is 0.529. The molecule has 0 aliphatic carbocycles. The lowest BCUT2D eigenvalue weighted by Crippen LogP contribution is -2.52. The number of nitrogens with one attached hydrogen (secondary N) is 1. The number of nitrogens with zero attached hydrogens (tertiary/aromatic N) is 1. The molecule has 0 bridgehead atoms. The van der Waals surface area contributed by atoms with Crippen LogP contribution < -0.4 is 10.2 Å². The van der Waals surface area contributed by atoms with Gasteiger partial charge in [0.25, 0.3) is 0 Å². The highest BCUT2D eigenvalue weighted by molar-refractivity contribution is 5.96. The highest BCUT2D eigenvalue weighted by Gasteiger charge is 2.30. The van der Waals surface area contributed by atoms with Gasteiger partial charge in [-0.2, -0.15) is 0 Å². The van der Waals surface area contributed by atoms with Gasteiger partial charge in [0.2, 0.25) is 5.91 Å².